The van der Waals surface area contributed by atoms with Crippen molar-refractivity contribution in [2.45, 2.75) is 32.7 Å². The minimum atomic E-state index is -3.48. The number of hydrogen-bond acceptors (Lipinski definition) is 5. The molecule has 1 amide bonds. The maximum absolute atomic E-state index is 12.2. The fourth-order valence-corrected chi connectivity index (χ4v) is 3.91. The predicted octanol–water partition coefficient (Wildman–Crippen LogP) is 3.13. The van der Waals surface area contributed by atoms with Gasteiger partial charge in [-0.2, -0.15) is 0 Å². The van der Waals surface area contributed by atoms with E-state index in [1.165, 1.54) is 11.4 Å². The number of nitrogens with one attached hydrogen (secondary N) is 1. The number of methoxy groups -OCH3 is 1. The molecule has 0 bridgehead atoms. The molecule has 0 saturated carbocycles. The first-order valence-electron chi connectivity index (χ1n) is 9.80. The largest absolute Gasteiger partial charge is 0.497 e. The molecular weight excluding hydrogens is 404 g/mol. The van der Waals surface area contributed by atoms with Crippen LogP contribution in [0.2, 0.25) is 0 Å². The van der Waals surface area contributed by atoms with Gasteiger partial charge in [-0.3, -0.25) is 9.10 Å². The zero-order valence-electron chi connectivity index (χ0n) is 17.9. The molecule has 164 valence electrons. The van der Waals surface area contributed by atoms with Gasteiger partial charge in [-0.05, 0) is 44.0 Å². The molecule has 0 unspecified atom stereocenters. The van der Waals surface area contributed by atoms with Crippen LogP contribution in [0.5, 0.6) is 11.5 Å². The summed E-state index contributed by atoms with van der Waals surface area (Å²) in [5.74, 6) is 1.22. The monoisotopic (exact) mass is 434 g/mol. The number of carbonyl (C=O) groups is 1. The molecule has 2 rings (SSSR count). The lowest BCUT2D eigenvalue weighted by Crippen LogP contribution is -2.37. The Morgan fingerprint density at radius 3 is 2.57 bits per heavy atom. The maximum atomic E-state index is 12.2. The van der Waals surface area contributed by atoms with Crippen molar-refractivity contribution in [3.63, 3.8) is 0 Å². The molecule has 0 spiro atoms. The SMILES string of the molecule is COc1cccc(N(CCCC(=O)N[C@H](C)COc2ccccc2C)S(C)(=O)=O)c1. The molecule has 0 saturated heterocycles. The molecule has 0 heterocycles. The number of para-hydroxylation sites is 1. The number of rotatable bonds is 11. The van der Waals surface area contributed by atoms with Gasteiger partial charge in [0.05, 0.1) is 25.1 Å². The van der Waals surface area contributed by atoms with E-state index in [9.17, 15) is 13.2 Å². The van der Waals surface area contributed by atoms with Gasteiger partial charge in [-0.25, -0.2) is 8.42 Å². The summed E-state index contributed by atoms with van der Waals surface area (Å²) < 4.78 is 36.6. The molecule has 8 heteroatoms. The Balaban J connectivity index is 1.84. The zero-order chi connectivity index (χ0) is 22.1. The van der Waals surface area contributed by atoms with Crippen LogP contribution in [0.4, 0.5) is 5.69 Å². The van der Waals surface area contributed by atoms with Crippen LogP contribution in [0.15, 0.2) is 48.5 Å². The van der Waals surface area contributed by atoms with Gasteiger partial charge in [0.2, 0.25) is 15.9 Å². The molecule has 30 heavy (non-hydrogen) atoms. The molecule has 0 aliphatic rings. The highest BCUT2D eigenvalue weighted by Gasteiger charge is 2.18. The van der Waals surface area contributed by atoms with Crippen molar-refractivity contribution >= 4 is 21.6 Å². The van der Waals surface area contributed by atoms with E-state index in [2.05, 4.69) is 5.32 Å². The number of hydrogen-bond donors (Lipinski definition) is 1. The van der Waals surface area contributed by atoms with Crippen molar-refractivity contribution in [3.8, 4) is 11.5 Å². The summed E-state index contributed by atoms with van der Waals surface area (Å²) in [4.78, 5) is 12.2. The molecule has 0 aliphatic carbocycles. The van der Waals surface area contributed by atoms with Gasteiger partial charge in [0.1, 0.15) is 18.1 Å². The van der Waals surface area contributed by atoms with Gasteiger partial charge in [0, 0.05) is 19.0 Å². The standard InChI is InChI=1S/C22H30N2O5S/c1-17-9-5-6-12-21(17)29-16-18(2)23-22(25)13-8-14-24(30(4,26)27)19-10-7-11-20(15-19)28-3/h5-7,9-12,15,18H,8,13-14,16H2,1-4H3,(H,23,25)/t18-/m1/s1. The van der Waals surface area contributed by atoms with E-state index in [4.69, 9.17) is 9.47 Å². The van der Waals surface area contributed by atoms with Crippen LogP contribution in [-0.2, 0) is 14.8 Å². The van der Waals surface area contributed by atoms with E-state index >= 15 is 0 Å². The van der Waals surface area contributed by atoms with Crippen molar-refractivity contribution in [2.75, 3.05) is 30.8 Å². The highest BCUT2D eigenvalue weighted by Crippen LogP contribution is 2.23. The van der Waals surface area contributed by atoms with Crippen LogP contribution >= 0.6 is 0 Å². The predicted molar refractivity (Wildman–Crippen MR) is 119 cm³/mol. The van der Waals surface area contributed by atoms with E-state index in [1.54, 1.807) is 24.3 Å². The van der Waals surface area contributed by atoms with Crippen molar-refractivity contribution < 1.29 is 22.7 Å². The third kappa shape index (κ3) is 7.26. The van der Waals surface area contributed by atoms with E-state index in [1.807, 2.05) is 38.1 Å². The Morgan fingerprint density at radius 2 is 1.90 bits per heavy atom. The average Bonchev–Trinajstić information content (AvgIpc) is 2.69. The number of aryl methyl sites for hydroxylation is 1. The van der Waals surface area contributed by atoms with Crippen LogP contribution in [0, 0.1) is 6.92 Å². The van der Waals surface area contributed by atoms with Crippen LogP contribution < -0.4 is 19.1 Å². The number of benzene rings is 2. The summed E-state index contributed by atoms with van der Waals surface area (Å²) in [5.41, 5.74) is 1.55. The lowest BCUT2D eigenvalue weighted by Gasteiger charge is -2.23. The fraction of sp³-hybridized carbons (Fsp3) is 0.409. The second-order valence-corrected chi connectivity index (χ2v) is 9.09. The Bertz CT molecular complexity index is 946. The Morgan fingerprint density at radius 1 is 1.17 bits per heavy atom. The topological polar surface area (TPSA) is 84.9 Å². The first-order chi connectivity index (χ1) is 14.2. The van der Waals surface area contributed by atoms with Gasteiger partial charge in [-0.1, -0.05) is 24.3 Å². The zero-order valence-corrected chi connectivity index (χ0v) is 18.7. The molecule has 0 aromatic heterocycles. The minimum absolute atomic E-state index is 0.144. The van der Waals surface area contributed by atoms with Gasteiger partial charge < -0.3 is 14.8 Å². The average molecular weight is 435 g/mol. The summed E-state index contributed by atoms with van der Waals surface area (Å²) in [6.07, 6.45) is 1.75. The normalized spacial score (nSPS) is 12.1. The van der Waals surface area contributed by atoms with Gasteiger partial charge in [0.15, 0.2) is 0 Å². The molecule has 2 aromatic rings. The van der Waals surface area contributed by atoms with Crippen LogP contribution in [0.1, 0.15) is 25.3 Å². The third-order valence-corrected chi connectivity index (χ3v) is 5.69. The molecule has 0 aliphatic heterocycles. The van der Waals surface area contributed by atoms with Gasteiger partial charge in [-0.15, -0.1) is 0 Å². The molecule has 2 aromatic carbocycles. The lowest BCUT2D eigenvalue weighted by atomic mass is 10.2. The van der Waals surface area contributed by atoms with E-state index in [0.29, 0.717) is 24.5 Å². The van der Waals surface area contributed by atoms with Crippen molar-refractivity contribution in [1.29, 1.82) is 0 Å². The van der Waals surface area contributed by atoms with Crippen molar-refractivity contribution in [3.05, 3.63) is 54.1 Å². The summed E-state index contributed by atoms with van der Waals surface area (Å²) in [6, 6.07) is 14.4. The molecular formula is C22H30N2O5S. The fourth-order valence-electron chi connectivity index (χ4n) is 2.96. The van der Waals surface area contributed by atoms with Crippen LogP contribution in [-0.4, -0.2) is 46.9 Å². The first-order valence-corrected chi connectivity index (χ1v) is 11.6. The van der Waals surface area contributed by atoms with Crippen LogP contribution in [0.3, 0.4) is 0 Å². The van der Waals surface area contributed by atoms with Gasteiger partial charge in [0.25, 0.3) is 0 Å². The second kappa shape index (κ2) is 10.9. The van der Waals surface area contributed by atoms with Crippen LogP contribution in [0.25, 0.3) is 0 Å². The van der Waals surface area contributed by atoms with Gasteiger partial charge >= 0.3 is 0 Å². The molecule has 1 N–H and O–H groups in total. The first kappa shape index (κ1) is 23.5. The summed E-state index contributed by atoms with van der Waals surface area (Å²) in [5, 5.41) is 2.89. The number of sulfonamides is 1. The highest BCUT2D eigenvalue weighted by atomic mass is 32.2. The third-order valence-electron chi connectivity index (χ3n) is 4.50. The maximum Gasteiger partial charge on any atom is 0.232 e. The summed E-state index contributed by atoms with van der Waals surface area (Å²) in [7, 11) is -1.96. The second-order valence-electron chi connectivity index (χ2n) is 7.19. The summed E-state index contributed by atoms with van der Waals surface area (Å²) in [6.45, 7) is 4.40. The van der Waals surface area contributed by atoms with Crippen molar-refractivity contribution in [2.24, 2.45) is 0 Å². The van der Waals surface area contributed by atoms with Crippen molar-refractivity contribution in [1.82, 2.24) is 5.32 Å². The number of amides is 1. The number of anilines is 1. The van der Waals surface area contributed by atoms with E-state index < -0.39 is 10.0 Å². The number of carbonyl (C=O) groups excluding carboxylic acids is 1. The number of ether oxygens (including phenoxy) is 2. The quantitative estimate of drug-likeness (QED) is 0.587. The Kier molecular flexibility index (Phi) is 8.53. The molecule has 7 nitrogen and oxygen atoms in total. The Labute approximate surface area is 179 Å². The minimum Gasteiger partial charge on any atom is -0.497 e. The van der Waals surface area contributed by atoms with E-state index in [0.717, 1.165) is 17.6 Å². The summed E-state index contributed by atoms with van der Waals surface area (Å²) >= 11 is 0. The lowest BCUT2D eigenvalue weighted by molar-refractivity contribution is -0.121. The highest BCUT2D eigenvalue weighted by molar-refractivity contribution is 7.92. The molecule has 1 atom stereocenters. The van der Waals surface area contributed by atoms with E-state index in [-0.39, 0.29) is 24.9 Å². The molecule has 0 fully saturated rings. The Hall–Kier alpha value is -2.74. The molecule has 0 radical (unpaired) electrons. The smallest absolute Gasteiger partial charge is 0.232 e. The number of nitrogens with zero attached hydrogens (tertiary/aromatic N) is 1.